The number of nitrogens with zero attached hydrogens (tertiary/aromatic N) is 1. The minimum absolute atomic E-state index is 0.395. The third-order valence-electron chi connectivity index (χ3n) is 2.97. The van der Waals surface area contributed by atoms with E-state index in [-0.39, 0.29) is 0 Å². The van der Waals surface area contributed by atoms with Gasteiger partial charge in [-0.3, -0.25) is 4.90 Å². The SMILES string of the molecule is NCC#Cc1ccc(OCCN2CCSCC2)cc1. The Kier molecular flexibility index (Phi) is 6.09. The highest BCUT2D eigenvalue weighted by atomic mass is 32.2. The molecule has 19 heavy (non-hydrogen) atoms. The average Bonchev–Trinajstić information content (AvgIpc) is 2.47. The quantitative estimate of drug-likeness (QED) is 0.844. The molecule has 1 aromatic rings. The zero-order valence-electron chi connectivity index (χ0n) is 11.1. The number of thioether (sulfide) groups is 1. The van der Waals surface area contributed by atoms with E-state index in [1.807, 2.05) is 36.0 Å². The fraction of sp³-hybridized carbons (Fsp3) is 0.467. The minimum Gasteiger partial charge on any atom is -0.492 e. The lowest BCUT2D eigenvalue weighted by Crippen LogP contribution is -2.35. The number of benzene rings is 1. The number of hydrogen-bond donors (Lipinski definition) is 1. The summed E-state index contributed by atoms with van der Waals surface area (Å²) in [7, 11) is 0. The molecular formula is C15H20N2OS. The first-order valence-electron chi connectivity index (χ1n) is 6.60. The molecule has 0 bridgehead atoms. The summed E-state index contributed by atoms with van der Waals surface area (Å²) in [5.74, 6) is 9.23. The number of ether oxygens (including phenoxy) is 1. The van der Waals surface area contributed by atoms with Crippen LogP contribution in [0.1, 0.15) is 5.56 Å². The van der Waals surface area contributed by atoms with Crippen LogP contribution >= 0.6 is 11.8 Å². The van der Waals surface area contributed by atoms with Gasteiger partial charge in [-0.25, -0.2) is 0 Å². The molecule has 102 valence electrons. The molecule has 1 aliphatic rings. The third kappa shape index (κ3) is 5.15. The van der Waals surface area contributed by atoms with E-state index in [9.17, 15) is 0 Å². The third-order valence-corrected chi connectivity index (χ3v) is 3.91. The van der Waals surface area contributed by atoms with Gasteiger partial charge < -0.3 is 10.5 Å². The minimum atomic E-state index is 0.395. The van der Waals surface area contributed by atoms with E-state index in [4.69, 9.17) is 10.5 Å². The maximum absolute atomic E-state index is 5.75. The molecule has 0 amide bonds. The summed E-state index contributed by atoms with van der Waals surface area (Å²) in [5.41, 5.74) is 6.32. The van der Waals surface area contributed by atoms with E-state index in [2.05, 4.69) is 16.7 Å². The molecule has 1 aromatic carbocycles. The molecule has 0 atom stereocenters. The van der Waals surface area contributed by atoms with Crippen molar-refractivity contribution in [3.05, 3.63) is 29.8 Å². The molecule has 0 aliphatic carbocycles. The van der Waals surface area contributed by atoms with Crippen molar-refractivity contribution in [2.24, 2.45) is 5.73 Å². The van der Waals surface area contributed by atoms with Gasteiger partial charge in [-0.2, -0.15) is 11.8 Å². The number of nitrogens with two attached hydrogens (primary N) is 1. The first-order chi connectivity index (χ1) is 9.38. The van der Waals surface area contributed by atoms with Crippen molar-refractivity contribution in [3.8, 4) is 17.6 Å². The van der Waals surface area contributed by atoms with Gasteiger partial charge in [0.05, 0.1) is 6.54 Å². The average molecular weight is 276 g/mol. The van der Waals surface area contributed by atoms with E-state index in [0.717, 1.165) is 24.5 Å². The van der Waals surface area contributed by atoms with Crippen molar-refractivity contribution in [2.75, 3.05) is 44.3 Å². The molecule has 2 rings (SSSR count). The van der Waals surface area contributed by atoms with Crippen LogP contribution in [0.2, 0.25) is 0 Å². The maximum Gasteiger partial charge on any atom is 0.119 e. The highest BCUT2D eigenvalue weighted by molar-refractivity contribution is 7.99. The van der Waals surface area contributed by atoms with Crippen molar-refractivity contribution in [3.63, 3.8) is 0 Å². The summed E-state index contributed by atoms with van der Waals surface area (Å²) < 4.78 is 5.75. The molecule has 1 heterocycles. The zero-order valence-corrected chi connectivity index (χ0v) is 11.9. The number of rotatable bonds is 4. The summed E-state index contributed by atoms with van der Waals surface area (Å²) in [6, 6.07) is 7.87. The Morgan fingerprint density at radius 1 is 1.21 bits per heavy atom. The normalized spacial score (nSPS) is 15.6. The molecule has 1 saturated heterocycles. The Balaban J connectivity index is 1.73. The van der Waals surface area contributed by atoms with Crippen LogP contribution in [0.3, 0.4) is 0 Å². The van der Waals surface area contributed by atoms with Crippen molar-refractivity contribution >= 4 is 11.8 Å². The van der Waals surface area contributed by atoms with Gasteiger partial charge in [0, 0.05) is 36.7 Å². The molecule has 2 N–H and O–H groups in total. The summed E-state index contributed by atoms with van der Waals surface area (Å²) in [6.07, 6.45) is 0. The van der Waals surface area contributed by atoms with Crippen molar-refractivity contribution < 1.29 is 4.74 Å². The Bertz CT molecular complexity index is 430. The first kappa shape index (κ1) is 14.3. The Hall–Kier alpha value is -1.15. The standard InChI is InChI=1S/C15H20N2OS/c16-7-1-2-14-3-5-15(6-4-14)18-11-8-17-9-12-19-13-10-17/h3-6H,7-13,16H2. The maximum atomic E-state index is 5.75. The van der Waals surface area contributed by atoms with Crippen molar-refractivity contribution in [2.45, 2.75) is 0 Å². The Morgan fingerprint density at radius 2 is 1.95 bits per heavy atom. The van der Waals surface area contributed by atoms with E-state index < -0.39 is 0 Å². The number of hydrogen-bond acceptors (Lipinski definition) is 4. The van der Waals surface area contributed by atoms with Crippen LogP contribution in [0.25, 0.3) is 0 Å². The lowest BCUT2D eigenvalue weighted by molar-refractivity contribution is 0.222. The second kappa shape index (κ2) is 8.11. The topological polar surface area (TPSA) is 38.5 Å². The van der Waals surface area contributed by atoms with Gasteiger partial charge in [-0.1, -0.05) is 11.8 Å². The molecule has 0 unspecified atom stereocenters. The van der Waals surface area contributed by atoms with Crippen molar-refractivity contribution in [1.29, 1.82) is 0 Å². The molecule has 0 spiro atoms. The lowest BCUT2D eigenvalue weighted by atomic mass is 10.2. The van der Waals surface area contributed by atoms with E-state index in [1.54, 1.807) is 0 Å². The molecule has 0 radical (unpaired) electrons. The molecular weight excluding hydrogens is 256 g/mol. The molecule has 1 aliphatic heterocycles. The van der Waals surface area contributed by atoms with Gasteiger partial charge in [-0.05, 0) is 24.3 Å². The van der Waals surface area contributed by atoms with Crippen LogP contribution in [-0.4, -0.2) is 49.2 Å². The molecule has 1 fully saturated rings. The van der Waals surface area contributed by atoms with Crippen LogP contribution in [0.4, 0.5) is 0 Å². The van der Waals surface area contributed by atoms with Crippen molar-refractivity contribution in [1.82, 2.24) is 4.90 Å². The van der Waals surface area contributed by atoms with Gasteiger partial charge in [0.25, 0.3) is 0 Å². The predicted octanol–water partition coefficient (Wildman–Crippen LogP) is 1.42. The van der Waals surface area contributed by atoms with Crippen LogP contribution in [0.15, 0.2) is 24.3 Å². The fourth-order valence-corrected chi connectivity index (χ4v) is 2.88. The summed E-state index contributed by atoms with van der Waals surface area (Å²) in [4.78, 5) is 2.46. The van der Waals surface area contributed by atoms with Crippen LogP contribution in [0, 0.1) is 11.8 Å². The van der Waals surface area contributed by atoms with Gasteiger partial charge in [0.15, 0.2) is 0 Å². The Morgan fingerprint density at radius 3 is 2.63 bits per heavy atom. The summed E-state index contributed by atoms with van der Waals surface area (Å²) >= 11 is 2.03. The smallest absolute Gasteiger partial charge is 0.119 e. The van der Waals surface area contributed by atoms with E-state index >= 15 is 0 Å². The van der Waals surface area contributed by atoms with Gasteiger partial charge >= 0.3 is 0 Å². The summed E-state index contributed by atoms with van der Waals surface area (Å²) in [6.45, 7) is 4.52. The highest BCUT2D eigenvalue weighted by Crippen LogP contribution is 2.12. The molecule has 3 nitrogen and oxygen atoms in total. The van der Waals surface area contributed by atoms with Crippen LogP contribution < -0.4 is 10.5 Å². The monoisotopic (exact) mass is 276 g/mol. The van der Waals surface area contributed by atoms with E-state index in [1.165, 1.54) is 24.6 Å². The van der Waals surface area contributed by atoms with Gasteiger partial charge in [0.1, 0.15) is 12.4 Å². The van der Waals surface area contributed by atoms with Gasteiger partial charge in [0.2, 0.25) is 0 Å². The lowest BCUT2D eigenvalue weighted by Gasteiger charge is -2.25. The van der Waals surface area contributed by atoms with Crippen LogP contribution in [-0.2, 0) is 0 Å². The predicted molar refractivity (Wildman–Crippen MR) is 81.6 cm³/mol. The fourth-order valence-electron chi connectivity index (χ4n) is 1.90. The second-order valence-electron chi connectivity index (χ2n) is 4.33. The zero-order chi connectivity index (χ0) is 13.3. The largest absolute Gasteiger partial charge is 0.492 e. The molecule has 4 heteroatoms. The second-order valence-corrected chi connectivity index (χ2v) is 5.56. The highest BCUT2D eigenvalue weighted by Gasteiger charge is 2.09. The molecule has 0 aromatic heterocycles. The van der Waals surface area contributed by atoms with E-state index in [0.29, 0.717) is 6.54 Å². The van der Waals surface area contributed by atoms with Crippen LogP contribution in [0.5, 0.6) is 5.75 Å². The summed E-state index contributed by atoms with van der Waals surface area (Å²) in [5, 5.41) is 0. The van der Waals surface area contributed by atoms with Gasteiger partial charge in [-0.15, -0.1) is 0 Å². The molecule has 0 saturated carbocycles. The first-order valence-corrected chi connectivity index (χ1v) is 7.76. The Labute approximate surface area is 119 Å².